The fourth-order valence-corrected chi connectivity index (χ4v) is 3.13. The van der Waals surface area contributed by atoms with Crippen LogP contribution in [-0.4, -0.2) is 22.5 Å². The standard InChI is InChI=1S/C18H24N2S/c1-3-21-14-12-15(2)20-18(16-9-5-4-6-10-16)17-11-7-8-13-19-17/h4-11,13,15,18,20H,3,12,14H2,1-2H3. The number of aromatic nitrogens is 1. The molecule has 0 aliphatic heterocycles. The second-order valence-electron chi connectivity index (χ2n) is 5.15. The topological polar surface area (TPSA) is 24.9 Å². The first-order valence-electron chi connectivity index (χ1n) is 7.61. The summed E-state index contributed by atoms with van der Waals surface area (Å²) >= 11 is 2.00. The summed E-state index contributed by atoms with van der Waals surface area (Å²) in [6.07, 6.45) is 3.04. The van der Waals surface area contributed by atoms with Gasteiger partial charge in [0.15, 0.2) is 0 Å². The smallest absolute Gasteiger partial charge is 0.0753 e. The number of hydrogen-bond donors (Lipinski definition) is 1. The molecule has 0 aliphatic carbocycles. The van der Waals surface area contributed by atoms with Crippen LogP contribution in [0.4, 0.5) is 0 Å². The number of thioether (sulfide) groups is 1. The molecule has 2 atom stereocenters. The first-order chi connectivity index (χ1) is 10.3. The molecular formula is C18H24N2S. The molecule has 2 nitrogen and oxygen atoms in total. The highest BCUT2D eigenvalue weighted by Crippen LogP contribution is 2.21. The Hall–Kier alpha value is -1.32. The van der Waals surface area contributed by atoms with Crippen LogP contribution < -0.4 is 5.32 Å². The first-order valence-corrected chi connectivity index (χ1v) is 8.76. The van der Waals surface area contributed by atoms with Crippen molar-refractivity contribution in [1.29, 1.82) is 0 Å². The second-order valence-corrected chi connectivity index (χ2v) is 6.55. The highest BCUT2D eigenvalue weighted by Gasteiger charge is 2.17. The maximum absolute atomic E-state index is 4.54. The molecule has 0 fully saturated rings. The van der Waals surface area contributed by atoms with Gasteiger partial charge in [-0.05, 0) is 42.5 Å². The molecule has 0 aliphatic rings. The van der Waals surface area contributed by atoms with Crippen LogP contribution in [0.3, 0.4) is 0 Å². The number of nitrogens with zero attached hydrogens (tertiary/aromatic N) is 1. The molecule has 0 saturated carbocycles. The molecule has 1 aromatic carbocycles. The molecule has 0 spiro atoms. The van der Waals surface area contributed by atoms with E-state index in [1.165, 1.54) is 23.5 Å². The van der Waals surface area contributed by atoms with E-state index in [2.05, 4.69) is 66.6 Å². The average Bonchev–Trinajstić information content (AvgIpc) is 2.54. The summed E-state index contributed by atoms with van der Waals surface area (Å²) in [5.74, 6) is 2.39. The lowest BCUT2D eigenvalue weighted by molar-refractivity contribution is 0.483. The molecule has 3 heteroatoms. The van der Waals surface area contributed by atoms with E-state index < -0.39 is 0 Å². The van der Waals surface area contributed by atoms with Crippen LogP contribution >= 0.6 is 11.8 Å². The van der Waals surface area contributed by atoms with Crippen molar-refractivity contribution < 1.29 is 0 Å². The maximum atomic E-state index is 4.54. The minimum absolute atomic E-state index is 0.161. The molecule has 2 aromatic rings. The minimum atomic E-state index is 0.161. The van der Waals surface area contributed by atoms with Crippen molar-refractivity contribution in [2.45, 2.75) is 32.4 Å². The Morgan fingerprint density at radius 3 is 2.52 bits per heavy atom. The largest absolute Gasteiger partial charge is 0.302 e. The summed E-state index contributed by atoms with van der Waals surface area (Å²) in [6.45, 7) is 4.47. The summed E-state index contributed by atoms with van der Waals surface area (Å²) in [4.78, 5) is 4.54. The lowest BCUT2D eigenvalue weighted by Gasteiger charge is -2.23. The maximum Gasteiger partial charge on any atom is 0.0753 e. The van der Waals surface area contributed by atoms with E-state index in [-0.39, 0.29) is 6.04 Å². The number of benzene rings is 1. The molecule has 0 saturated heterocycles. The van der Waals surface area contributed by atoms with E-state index in [0.29, 0.717) is 6.04 Å². The van der Waals surface area contributed by atoms with Crippen molar-refractivity contribution in [2.75, 3.05) is 11.5 Å². The molecule has 1 heterocycles. The van der Waals surface area contributed by atoms with E-state index >= 15 is 0 Å². The quantitative estimate of drug-likeness (QED) is 0.736. The van der Waals surface area contributed by atoms with Gasteiger partial charge in [0.1, 0.15) is 0 Å². The monoisotopic (exact) mass is 300 g/mol. The summed E-state index contributed by atoms with van der Waals surface area (Å²) in [5.41, 5.74) is 2.35. The highest BCUT2D eigenvalue weighted by molar-refractivity contribution is 7.99. The molecule has 112 valence electrons. The number of rotatable bonds is 8. The van der Waals surface area contributed by atoms with Crippen molar-refractivity contribution in [2.24, 2.45) is 0 Å². The molecule has 2 rings (SSSR count). The summed E-state index contributed by atoms with van der Waals surface area (Å²) < 4.78 is 0. The van der Waals surface area contributed by atoms with Crippen molar-refractivity contribution in [3.05, 3.63) is 66.0 Å². The van der Waals surface area contributed by atoms with Gasteiger partial charge in [-0.15, -0.1) is 0 Å². The summed E-state index contributed by atoms with van der Waals surface area (Å²) in [7, 11) is 0. The van der Waals surface area contributed by atoms with Crippen LogP contribution in [0.25, 0.3) is 0 Å². The Kier molecular flexibility index (Phi) is 6.77. The number of nitrogens with one attached hydrogen (secondary N) is 1. The Labute approximate surface area is 132 Å². The second kappa shape index (κ2) is 8.85. The van der Waals surface area contributed by atoms with Crippen LogP contribution in [0.5, 0.6) is 0 Å². The van der Waals surface area contributed by atoms with E-state index in [4.69, 9.17) is 0 Å². The third-order valence-corrected chi connectivity index (χ3v) is 4.40. The average molecular weight is 300 g/mol. The molecule has 1 aromatic heterocycles. The highest BCUT2D eigenvalue weighted by atomic mass is 32.2. The minimum Gasteiger partial charge on any atom is -0.302 e. The lowest BCUT2D eigenvalue weighted by atomic mass is 10.0. The van der Waals surface area contributed by atoms with E-state index in [9.17, 15) is 0 Å². The lowest BCUT2D eigenvalue weighted by Crippen LogP contribution is -2.32. The van der Waals surface area contributed by atoms with Crippen LogP contribution in [0, 0.1) is 0 Å². The van der Waals surface area contributed by atoms with E-state index in [1.54, 1.807) is 0 Å². The molecule has 1 N–H and O–H groups in total. The Morgan fingerprint density at radius 1 is 1.10 bits per heavy atom. The van der Waals surface area contributed by atoms with Gasteiger partial charge in [0.05, 0.1) is 11.7 Å². The zero-order chi connectivity index (χ0) is 14.9. The molecule has 0 bridgehead atoms. The summed E-state index contributed by atoms with van der Waals surface area (Å²) in [5, 5.41) is 3.73. The third-order valence-electron chi connectivity index (χ3n) is 3.47. The summed E-state index contributed by atoms with van der Waals surface area (Å²) in [6, 6.07) is 17.3. The predicted octanol–water partition coefficient (Wildman–Crippen LogP) is 4.29. The fraction of sp³-hybridized carbons (Fsp3) is 0.389. The van der Waals surface area contributed by atoms with Gasteiger partial charge in [-0.1, -0.05) is 43.3 Å². The molecule has 0 radical (unpaired) electrons. The van der Waals surface area contributed by atoms with Crippen molar-refractivity contribution in [3.63, 3.8) is 0 Å². The zero-order valence-electron chi connectivity index (χ0n) is 12.8. The van der Waals surface area contributed by atoms with Crippen LogP contribution in [0.1, 0.15) is 37.6 Å². The number of pyridine rings is 1. The number of hydrogen-bond acceptors (Lipinski definition) is 3. The van der Waals surface area contributed by atoms with Gasteiger partial charge in [0, 0.05) is 12.2 Å². The first kappa shape index (κ1) is 16.1. The van der Waals surface area contributed by atoms with E-state index in [1.807, 2.05) is 24.0 Å². The van der Waals surface area contributed by atoms with Gasteiger partial charge in [-0.25, -0.2) is 0 Å². The van der Waals surface area contributed by atoms with Crippen LogP contribution in [0.15, 0.2) is 54.7 Å². The van der Waals surface area contributed by atoms with Crippen molar-refractivity contribution in [1.82, 2.24) is 10.3 Å². The van der Waals surface area contributed by atoms with Crippen LogP contribution in [-0.2, 0) is 0 Å². The van der Waals surface area contributed by atoms with Gasteiger partial charge in [-0.3, -0.25) is 4.98 Å². The molecule has 21 heavy (non-hydrogen) atoms. The predicted molar refractivity (Wildman–Crippen MR) is 92.7 cm³/mol. The van der Waals surface area contributed by atoms with Gasteiger partial charge in [-0.2, -0.15) is 11.8 Å². The zero-order valence-corrected chi connectivity index (χ0v) is 13.6. The third kappa shape index (κ3) is 5.18. The Morgan fingerprint density at radius 2 is 1.86 bits per heavy atom. The van der Waals surface area contributed by atoms with Crippen molar-refractivity contribution in [3.8, 4) is 0 Å². The molecule has 2 unspecified atom stereocenters. The SMILES string of the molecule is CCSCCC(C)NC(c1ccccc1)c1ccccn1. The van der Waals surface area contributed by atoms with Crippen LogP contribution in [0.2, 0.25) is 0 Å². The fourth-order valence-electron chi connectivity index (χ4n) is 2.32. The molecule has 0 amide bonds. The van der Waals surface area contributed by atoms with E-state index in [0.717, 1.165) is 5.69 Å². The molecular weight excluding hydrogens is 276 g/mol. The Bertz CT molecular complexity index is 462. The normalized spacial score (nSPS) is 13.8. The van der Waals surface area contributed by atoms with Gasteiger partial charge < -0.3 is 5.32 Å². The van der Waals surface area contributed by atoms with Crippen molar-refractivity contribution >= 4 is 11.8 Å². The Balaban J connectivity index is 2.10. The van der Waals surface area contributed by atoms with Gasteiger partial charge in [0.25, 0.3) is 0 Å². The van der Waals surface area contributed by atoms with Gasteiger partial charge in [0.2, 0.25) is 0 Å². The van der Waals surface area contributed by atoms with Gasteiger partial charge >= 0.3 is 0 Å².